The van der Waals surface area contributed by atoms with Crippen LogP contribution in [0.25, 0.3) is 0 Å². The zero-order valence-corrected chi connectivity index (χ0v) is 11.6. The summed E-state index contributed by atoms with van der Waals surface area (Å²) in [7, 11) is 0. The molecule has 0 radical (unpaired) electrons. The molecule has 20 heavy (non-hydrogen) atoms. The summed E-state index contributed by atoms with van der Waals surface area (Å²) in [5.74, 6) is 0.139. The maximum Gasteiger partial charge on any atom is 0.433 e. The molecule has 5 nitrogen and oxygen atoms in total. The van der Waals surface area contributed by atoms with Crippen molar-refractivity contribution in [1.82, 2.24) is 0 Å². The Hall–Kier alpha value is -2.14. The Morgan fingerprint density at radius 2 is 2.00 bits per heavy atom. The highest BCUT2D eigenvalue weighted by molar-refractivity contribution is 5.38. The van der Waals surface area contributed by atoms with E-state index < -0.39 is 11.0 Å². The van der Waals surface area contributed by atoms with Gasteiger partial charge in [-0.1, -0.05) is 32.0 Å². The highest BCUT2D eigenvalue weighted by Gasteiger charge is 2.20. The number of hydrogen-bond acceptors (Lipinski definition) is 4. The molecule has 0 fully saturated rings. The first-order valence-electron chi connectivity index (χ1n) is 6.68. The molecular weight excluding hydrogens is 256 g/mol. The van der Waals surface area contributed by atoms with Crippen molar-refractivity contribution in [1.29, 1.82) is 0 Å². The van der Waals surface area contributed by atoms with Gasteiger partial charge in [0.15, 0.2) is 0 Å². The van der Waals surface area contributed by atoms with Crippen LogP contribution >= 0.6 is 0 Å². The largest absolute Gasteiger partial charge is 0.433 e. The van der Waals surface area contributed by atoms with Crippen molar-refractivity contribution < 1.29 is 9.34 Å². The van der Waals surface area contributed by atoms with Crippen LogP contribution in [0.4, 0.5) is 5.88 Å². The van der Waals surface area contributed by atoms with E-state index in [4.69, 9.17) is 10.2 Å². The van der Waals surface area contributed by atoms with Crippen LogP contribution in [0.2, 0.25) is 0 Å². The van der Waals surface area contributed by atoms with E-state index >= 15 is 0 Å². The van der Waals surface area contributed by atoms with Crippen molar-refractivity contribution in [3.8, 4) is 0 Å². The third kappa shape index (κ3) is 2.72. The van der Waals surface area contributed by atoms with E-state index in [9.17, 15) is 10.1 Å². The molecule has 0 saturated carbocycles. The second kappa shape index (κ2) is 5.88. The molecule has 0 aliphatic heterocycles. The second-order valence-electron chi connectivity index (χ2n) is 4.65. The molecule has 106 valence electrons. The summed E-state index contributed by atoms with van der Waals surface area (Å²) in [6.07, 6.45) is 1.78. The van der Waals surface area contributed by atoms with Crippen molar-refractivity contribution >= 4 is 5.88 Å². The van der Waals surface area contributed by atoms with Crippen molar-refractivity contribution in [3.05, 3.63) is 62.9 Å². The lowest BCUT2D eigenvalue weighted by Gasteiger charge is -2.15. The Kier molecular flexibility index (Phi) is 4.20. The molecule has 1 unspecified atom stereocenters. The number of rotatable bonds is 5. The smallest absolute Gasteiger partial charge is 0.404 e. The van der Waals surface area contributed by atoms with Gasteiger partial charge < -0.3 is 10.2 Å². The Morgan fingerprint density at radius 3 is 2.55 bits per heavy atom. The summed E-state index contributed by atoms with van der Waals surface area (Å²) in [4.78, 5) is 10.1. The van der Waals surface area contributed by atoms with Crippen LogP contribution in [0.5, 0.6) is 0 Å². The highest BCUT2D eigenvalue weighted by Crippen LogP contribution is 2.28. The summed E-state index contributed by atoms with van der Waals surface area (Å²) >= 11 is 0. The molecule has 1 aromatic carbocycles. The highest BCUT2D eigenvalue weighted by atomic mass is 16.6. The molecule has 0 aliphatic carbocycles. The Balaban J connectivity index is 2.40. The molecule has 0 aliphatic rings. The average Bonchev–Trinajstić information content (AvgIpc) is 2.95. The fraction of sp³-hybridized carbons (Fsp3) is 0.333. The van der Waals surface area contributed by atoms with Crippen LogP contribution in [0, 0.1) is 10.1 Å². The fourth-order valence-electron chi connectivity index (χ4n) is 2.24. The van der Waals surface area contributed by atoms with Crippen LogP contribution in [0.15, 0.2) is 34.7 Å². The number of nitro groups is 1. The van der Waals surface area contributed by atoms with Crippen molar-refractivity contribution in [2.24, 2.45) is 5.73 Å². The van der Waals surface area contributed by atoms with Gasteiger partial charge in [0, 0.05) is 0 Å². The van der Waals surface area contributed by atoms with E-state index in [0.29, 0.717) is 5.76 Å². The number of nitrogens with zero attached hydrogens (tertiary/aromatic N) is 1. The lowest BCUT2D eigenvalue weighted by atomic mass is 9.94. The van der Waals surface area contributed by atoms with E-state index in [-0.39, 0.29) is 5.88 Å². The first-order chi connectivity index (χ1) is 9.56. The topological polar surface area (TPSA) is 82.3 Å². The van der Waals surface area contributed by atoms with Gasteiger partial charge in [-0.2, -0.15) is 0 Å². The summed E-state index contributed by atoms with van der Waals surface area (Å²) in [6, 6.07) is 8.62. The van der Waals surface area contributed by atoms with Gasteiger partial charge >= 0.3 is 5.88 Å². The van der Waals surface area contributed by atoms with E-state index in [1.54, 1.807) is 6.07 Å². The predicted octanol–water partition coefficient (Wildman–Crippen LogP) is 3.36. The second-order valence-corrected chi connectivity index (χ2v) is 4.65. The molecule has 1 aromatic heterocycles. The molecule has 2 aromatic rings. The normalized spacial score (nSPS) is 12.3. The zero-order valence-electron chi connectivity index (χ0n) is 11.6. The lowest BCUT2D eigenvalue weighted by molar-refractivity contribution is -0.402. The van der Waals surface area contributed by atoms with Crippen LogP contribution in [0.3, 0.4) is 0 Å². The minimum Gasteiger partial charge on any atom is -0.404 e. The Bertz CT molecular complexity index is 619. The molecule has 2 rings (SSSR count). The monoisotopic (exact) mass is 274 g/mol. The number of furan rings is 1. The molecule has 2 N–H and O–H groups in total. The quantitative estimate of drug-likeness (QED) is 0.669. The zero-order chi connectivity index (χ0) is 14.7. The minimum absolute atomic E-state index is 0.278. The molecule has 1 atom stereocenters. The summed E-state index contributed by atoms with van der Waals surface area (Å²) in [5.41, 5.74) is 9.50. The van der Waals surface area contributed by atoms with Crippen LogP contribution in [-0.4, -0.2) is 4.92 Å². The Morgan fingerprint density at radius 1 is 1.25 bits per heavy atom. The van der Waals surface area contributed by atoms with Crippen molar-refractivity contribution in [2.75, 3.05) is 0 Å². The molecule has 0 saturated heterocycles. The van der Waals surface area contributed by atoms with Gasteiger partial charge in [-0.3, -0.25) is 10.1 Å². The van der Waals surface area contributed by atoms with E-state index in [2.05, 4.69) is 32.0 Å². The molecule has 0 amide bonds. The van der Waals surface area contributed by atoms with Crippen molar-refractivity contribution in [3.63, 3.8) is 0 Å². The third-order valence-corrected chi connectivity index (χ3v) is 3.43. The van der Waals surface area contributed by atoms with E-state index in [1.807, 2.05) is 0 Å². The number of hydrogen-bond donors (Lipinski definition) is 1. The number of aryl methyl sites for hydroxylation is 2. The first kappa shape index (κ1) is 14.3. The van der Waals surface area contributed by atoms with Gasteiger partial charge in [0.05, 0.1) is 12.1 Å². The van der Waals surface area contributed by atoms with Gasteiger partial charge in [0.1, 0.15) is 10.7 Å². The summed E-state index contributed by atoms with van der Waals surface area (Å²) in [6.45, 7) is 4.13. The van der Waals surface area contributed by atoms with Crippen molar-refractivity contribution in [2.45, 2.75) is 32.7 Å². The molecular formula is C15H18N2O3. The van der Waals surface area contributed by atoms with Gasteiger partial charge in [-0.15, -0.1) is 0 Å². The Labute approximate surface area is 117 Å². The van der Waals surface area contributed by atoms with Gasteiger partial charge in [0.25, 0.3) is 0 Å². The maximum atomic E-state index is 10.7. The van der Waals surface area contributed by atoms with E-state index in [1.165, 1.54) is 11.6 Å². The fourth-order valence-corrected chi connectivity index (χ4v) is 2.24. The lowest BCUT2D eigenvalue weighted by Crippen LogP contribution is -2.13. The maximum absolute atomic E-state index is 10.7. The van der Waals surface area contributed by atoms with Gasteiger partial charge in [0.2, 0.25) is 0 Å². The first-order valence-corrected chi connectivity index (χ1v) is 6.68. The number of nitrogens with two attached hydrogens (primary N) is 1. The van der Waals surface area contributed by atoms with Gasteiger partial charge in [-0.05, 0) is 35.6 Å². The van der Waals surface area contributed by atoms with Crippen LogP contribution in [0.1, 0.15) is 42.3 Å². The molecule has 5 heteroatoms. The van der Waals surface area contributed by atoms with E-state index in [0.717, 1.165) is 24.0 Å². The third-order valence-electron chi connectivity index (χ3n) is 3.43. The number of benzene rings is 1. The average molecular weight is 274 g/mol. The molecule has 1 heterocycles. The minimum atomic E-state index is -0.556. The predicted molar refractivity (Wildman–Crippen MR) is 76.6 cm³/mol. The van der Waals surface area contributed by atoms with Gasteiger partial charge in [-0.25, -0.2) is 0 Å². The molecule has 0 spiro atoms. The standard InChI is InChI=1S/C15H18N2O3/c1-3-10-5-6-11(4-2)12(9-10)15(16)13-7-8-14(20-13)17(18)19/h5-9,15H,3-4,16H2,1-2H3. The van der Waals surface area contributed by atoms with Crippen LogP contribution in [-0.2, 0) is 12.8 Å². The SMILES string of the molecule is CCc1ccc(CC)c(C(N)c2ccc([N+](=O)[O-])o2)c1. The summed E-state index contributed by atoms with van der Waals surface area (Å²) < 4.78 is 5.21. The van der Waals surface area contributed by atoms with Crippen LogP contribution < -0.4 is 5.73 Å². The molecule has 0 bridgehead atoms. The summed E-state index contributed by atoms with van der Waals surface area (Å²) in [5, 5.41) is 10.7.